The minimum atomic E-state index is -3.92. The zero-order valence-corrected chi connectivity index (χ0v) is 20.7. The van der Waals surface area contributed by atoms with Gasteiger partial charge in [-0.1, -0.05) is 13.0 Å². The molecule has 0 spiro atoms. The van der Waals surface area contributed by atoms with Crippen LogP contribution in [-0.2, 0) is 14.8 Å². The zero-order valence-electron chi connectivity index (χ0n) is 19.9. The molecule has 0 saturated heterocycles. The third kappa shape index (κ3) is 6.57. The lowest BCUT2D eigenvalue weighted by atomic mass is 10.2. The molecule has 0 aromatic heterocycles. The van der Waals surface area contributed by atoms with Crippen LogP contribution in [0.3, 0.4) is 0 Å². The Kier molecular flexibility index (Phi) is 8.43. The van der Waals surface area contributed by atoms with Gasteiger partial charge >= 0.3 is 0 Å². The number of hydrogen-bond donors (Lipinski definition) is 2. The number of ether oxygens (including phenoxy) is 4. The quantitative estimate of drug-likeness (QED) is 0.403. The van der Waals surface area contributed by atoms with Crippen molar-refractivity contribution in [3.8, 4) is 23.0 Å². The Morgan fingerprint density at radius 2 is 1.51 bits per heavy atom. The second kappa shape index (κ2) is 11.5. The summed E-state index contributed by atoms with van der Waals surface area (Å²) in [4.78, 5) is 12.7. The summed E-state index contributed by atoms with van der Waals surface area (Å²) in [6.07, 6.45) is -0.311. The van der Waals surface area contributed by atoms with Gasteiger partial charge in [-0.2, -0.15) is 0 Å². The first-order valence-corrected chi connectivity index (χ1v) is 12.2. The molecule has 3 rings (SSSR count). The predicted molar refractivity (Wildman–Crippen MR) is 133 cm³/mol. The van der Waals surface area contributed by atoms with Crippen molar-refractivity contribution in [1.82, 2.24) is 0 Å². The Labute approximate surface area is 205 Å². The highest BCUT2D eigenvalue weighted by molar-refractivity contribution is 7.92. The lowest BCUT2D eigenvalue weighted by Crippen LogP contribution is -2.32. The highest BCUT2D eigenvalue weighted by Crippen LogP contribution is 2.31. The lowest BCUT2D eigenvalue weighted by molar-refractivity contribution is -0.122. The molecule has 0 aliphatic carbocycles. The van der Waals surface area contributed by atoms with Gasteiger partial charge in [-0.05, 0) is 55.0 Å². The van der Waals surface area contributed by atoms with E-state index in [2.05, 4.69) is 10.0 Å². The molecule has 0 heterocycles. The van der Waals surface area contributed by atoms with Crippen molar-refractivity contribution in [3.05, 3.63) is 66.7 Å². The largest absolute Gasteiger partial charge is 0.497 e. The monoisotopic (exact) mass is 500 g/mol. The summed E-state index contributed by atoms with van der Waals surface area (Å²) in [7, 11) is 0.559. The number of anilines is 2. The van der Waals surface area contributed by atoms with E-state index in [1.165, 1.54) is 44.6 Å². The average Bonchev–Trinajstić information content (AvgIpc) is 2.87. The second-order valence-corrected chi connectivity index (χ2v) is 9.06. The van der Waals surface area contributed by atoms with Crippen LogP contribution in [-0.4, -0.2) is 41.8 Å². The van der Waals surface area contributed by atoms with E-state index < -0.39 is 16.1 Å². The molecule has 35 heavy (non-hydrogen) atoms. The smallest absolute Gasteiger partial charge is 0.265 e. The van der Waals surface area contributed by atoms with E-state index in [0.717, 1.165) is 0 Å². The van der Waals surface area contributed by atoms with Crippen LogP contribution >= 0.6 is 0 Å². The standard InChI is InChI=1S/C25H28N2O7S/c1-5-23(34-20-8-6-7-18(15-20)31-2)25(28)26-17-9-12-21(13-10-17)35(29,30)27-22-16-19(32-3)11-14-24(22)33-4/h6-16,23,27H,5H2,1-4H3,(H,26,28)/t23-/m1/s1. The number of rotatable bonds is 11. The minimum absolute atomic E-state index is 0.0139. The minimum Gasteiger partial charge on any atom is -0.497 e. The van der Waals surface area contributed by atoms with Crippen LogP contribution < -0.4 is 29.0 Å². The first kappa shape index (κ1) is 25.7. The molecule has 10 heteroatoms. The number of nitrogens with one attached hydrogen (secondary N) is 2. The van der Waals surface area contributed by atoms with Gasteiger partial charge in [0.1, 0.15) is 23.0 Å². The highest BCUT2D eigenvalue weighted by Gasteiger charge is 2.20. The number of hydrogen-bond acceptors (Lipinski definition) is 7. The first-order chi connectivity index (χ1) is 16.8. The summed E-state index contributed by atoms with van der Waals surface area (Å²) in [5.41, 5.74) is 0.672. The van der Waals surface area contributed by atoms with Gasteiger partial charge in [-0.3, -0.25) is 9.52 Å². The van der Waals surface area contributed by atoms with Gasteiger partial charge in [0.05, 0.1) is 31.9 Å². The van der Waals surface area contributed by atoms with Crippen LogP contribution in [0.5, 0.6) is 23.0 Å². The van der Waals surface area contributed by atoms with Crippen molar-refractivity contribution in [2.24, 2.45) is 0 Å². The normalized spacial score (nSPS) is 11.8. The second-order valence-electron chi connectivity index (χ2n) is 7.38. The molecular formula is C25H28N2O7S. The van der Waals surface area contributed by atoms with Crippen molar-refractivity contribution in [2.45, 2.75) is 24.3 Å². The fourth-order valence-corrected chi connectivity index (χ4v) is 4.26. The van der Waals surface area contributed by atoms with Crippen LogP contribution in [0.1, 0.15) is 13.3 Å². The van der Waals surface area contributed by atoms with E-state index in [1.807, 2.05) is 6.92 Å². The van der Waals surface area contributed by atoms with E-state index in [4.69, 9.17) is 18.9 Å². The molecule has 0 aliphatic rings. The zero-order chi connectivity index (χ0) is 25.4. The molecule has 2 N–H and O–H groups in total. The number of sulfonamides is 1. The van der Waals surface area contributed by atoms with Gasteiger partial charge in [0.15, 0.2) is 6.10 Å². The van der Waals surface area contributed by atoms with Crippen LogP contribution in [0.4, 0.5) is 11.4 Å². The highest BCUT2D eigenvalue weighted by atomic mass is 32.2. The molecule has 3 aromatic carbocycles. The molecule has 0 fully saturated rings. The summed E-state index contributed by atoms with van der Waals surface area (Å²) < 4.78 is 49.6. The van der Waals surface area contributed by atoms with E-state index >= 15 is 0 Å². The van der Waals surface area contributed by atoms with Crippen molar-refractivity contribution in [3.63, 3.8) is 0 Å². The van der Waals surface area contributed by atoms with Crippen LogP contribution in [0.2, 0.25) is 0 Å². The molecule has 186 valence electrons. The van der Waals surface area contributed by atoms with Crippen molar-refractivity contribution in [2.75, 3.05) is 31.4 Å². The molecule has 0 unspecified atom stereocenters. The fraction of sp³-hybridized carbons (Fsp3) is 0.240. The van der Waals surface area contributed by atoms with E-state index in [1.54, 1.807) is 43.5 Å². The molecular weight excluding hydrogens is 472 g/mol. The third-order valence-electron chi connectivity index (χ3n) is 5.07. The van der Waals surface area contributed by atoms with Crippen LogP contribution in [0.25, 0.3) is 0 Å². The maximum Gasteiger partial charge on any atom is 0.265 e. The Morgan fingerprint density at radius 3 is 2.14 bits per heavy atom. The molecule has 1 atom stereocenters. The number of amides is 1. The number of benzene rings is 3. The van der Waals surface area contributed by atoms with Gasteiger partial charge in [-0.15, -0.1) is 0 Å². The molecule has 3 aromatic rings. The SMILES string of the molecule is CC[C@@H](Oc1cccc(OC)c1)C(=O)Nc1ccc(S(=O)(=O)Nc2cc(OC)ccc2OC)cc1. The molecule has 0 bridgehead atoms. The number of carbonyl (C=O) groups excluding carboxylic acids is 1. The molecule has 1 amide bonds. The maximum absolute atomic E-state index is 12.9. The molecule has 0 radical (unpaired) electrons. The summed E-state index contributed by atoms with van der Waals surface area (Å²) in [5.74, 6) is 1.59. The Hall–Kier alpha value is -3.92. The molecule has 9 nitrogen and oxygen atoms in total. The van der Waals surface area contributed by atoms with Crippen LogP contribution in [0.15, 0.2) is 71.6 Å². The van der Waals surface area contributed by atoms with E-state index in [0.29, 0.717) is 35.1 Å². The van der Waals surface area contributed by atoms with Crippen molar-refractivity contribution >= 4 is 27.3 Å². The Balaban J connectivity index is 1.70. The summed E-state index contributed by atoms with van der Waals surface area (Å²) >= 11 is 0. The van der Waals surface area contributed by atoms with Crippen molar-refractivity contribution < 1.29 is 32.2 Å². The van der Waals surface area contributed by atoms with E-state index in [9.17, 15) is 13.2 Å². The Morgan fingerprint density at radius 1 is 0.857 bits per heavy atom. The number of methoxy groups -OCH3 is 3. The summed E-state index contributed by atoms with van der Waals surface area (Å²) in [6.45, 7) is 1.83. The summed E-state index contributed by atoms with van der Waals surface area (Å²) in [5, 5.41) is 2.76. The topological polar surface area (TPSA) is 112 Å². The van der Waals surface area contributed by atoms with Crippen molar-refractivity contribution in [1.29, 1.82) is 0 Å². The van der Waals surface area contributed by atoms with Gasteiger partial charge in [0, 0.05) is 17.8 Å². The summed E-state index contributed by atoms with van der Waals surface area (Å²) in [6, 6.07) is 17.6. The average molecular weight is 501 g/mol. The van der Waals surface area contributed by atoms with Gasteiger partial charge in [0.25, 0.3) is 15.9 Å². The Bertz CT molecular complexity index is 1260. The van der Waals surface area contributed by atoms with E-state index in [-0.39, 0.29) is 16.5 Å². The van der Waals surface area contributed by atoms with Gasteiger partial charge in [0.2, 0.25) is 0 Å². The molecule has 0 aliphatic heterocycles. The maximum atomic E-state index is 12.9. The van der Waals surface area contributed by atoms with Crippen LogP contribution in [0, 0.1) is 0 Å². The predicted octanol–water partition coefficient (Wildman–Crippen LogP) is 4.31. The van der Waals surface area contributed by atoms with Gasteiger partial charge < -0.3 is 24.3 Å². The fourth-order valence-electron chi connectivity index (χ4n) is 3.20. The number of carbonyl (C=O) groups is 1. The molecule has 0 saturated carbocycles. The lowest BCUT2D eigenvalue weighted by Gasteiger charge is -2.18. The third-order valence-corrected chi connectivity index (χ3v) is 6.45. The first-order valence-electron chi connectivity index (χ1n) is 10.8. The van der Waals surface area contributed by atoms with Gasteiger partial charge in [-0.25, -0.2) is 8.42 Å².